The molecule has 1 saturated carbocycles. The summed E-state index contributed by atoms with van der Waals surface area (Å²) in [4.78, 5) is 22.5. The van der Waals surface area contributed by atoms with Gasteiger partial charge in [0.1, 0.15) is 12.6 Å². The number of likely N-dealkylation sites (tertiary alicyclic amines) is 1. The monoisotopic (exact) mass is 505 g/mol. The third-order valence-electron chi connectivity index (χ3n) is 6.49. The molecule has 0 bridgehead atoms. The first-order chi connectivity index (χ1) is 17.0. The van der Waals surface area contributed by atoms with Gasteiger partial charge in [0.2, 0.25) is 5.95 Å². The van der Waals surface area contributed by atoms with Gasteiger partial charge in [-0.25, -0.2) is 14.4 Å². The number of thioether (sulfide) groups is 1. The van der Waals surface area contributed by atoms with Gasteiger partial charge in [-0.1, -0.05) is 26.0 Å². The number of aromatic nitrogens is 2. The standard InChI is InChI=1S/C23H32FN5OS.C2H6.CH2O/c1-17(14-30)29(22-26-11-21(31-2)12-27-22)8-7-25-20-9-23(10-20)15-28(16-23)13-18-3-5-19(24)6-4-18;2*1-2/h3-6,11-12,17,20,25,30H,7-10,13-16H2,1-2H3;1-2H3;1H2. The van der Waals surface area contributed by atoms with Gasteiger partial charge in [-0.15, -0.1) is 11.8 Å². The maximum absolute atomic E-state index is 13.0. The number of hydrogen-bond donors (Lipinski definition) is 2. The van der Waals surface area contributed by atoms with Crippen molar-refractivity contribution in [3.63, 3.8) is 0 Å². The van der Waals surface area contributed by atoms with Crippen LogP contribution in [0, 0.1) is 11.2 Å². The molecule has 1 aromatic heterocycles. The number of hydrogen-bond acceptors (Lipinski definition) is 8. The van der Waals surface area contributed by atoms with Crippen molar-refractivity contribution in [2.24, 2.45) is 5.41 Å². The van der Waals surface area contributed by atoms with Gasteiger partial charge in [-0.2, -0.15) is 0 Å². The van der Waals surface area contributed by atoms with Gasteiger partial charge in [0.25, 0.3) is 0 Å². The second kappa shape index (κ2) is 14.5. The van der Waals surface area contributed by atoms with Gasteiger partial charge in [0.15, 0.2) is 0 Å². The van der Waals surface area contributed by atoms with E-state index in [0.717, 1.165) is 37.6 Å². The largest absolute Gasteiger partial charge is 0.394 e. The minimum Gasteiger partial charge on any atom is -0.394 e. The molecular formula is C26H40FN5O2S. The Morgan fingerprint density at radius 1 is 1.23 bits per heavy atom. The lowest BCUT2D eigenvalue weighted by atomic mass is 9.60. The quantitative estimate of drug-likeness (QED) is 0.474. The van der Waals surface area contributed by atoms with Gasteiger partial charge < -0.3 is 20.1 Å². The van der Waals surface area contributed by atoms with Crippen LogP contribution in [0.3, 0.4) is 0 Å². The molecule has 9 heteroatoms. The summed E-state index contributed by atoms with van der Waals surface area (Å²) >= 11 is 1.62. The third kappa shape index (κ3) is 7.96. The Kier molecular flexibility index (Phi) is 12.1. The zero-order valence-corrected chi connectivity index (χ0v) is 22.2. The molecule has 2 fully saturated rings. The Hall–Kier alpha value is -2.07. The van der Waals surface area contributed by atoms with Crippen LogP contribution in [0.5, 0.6) is 0 Å². The van der Waals surface area contributed by atoms with E-state index in [1.807, 2.05) is 58.3 Å². The molecule has 2 aliphatic rings. The molecule has 1 aliphatic heterocycles. The van der Waals surface area contributed by atoms with Crippen LogP contribution >= 0.6 is 11.8 Å². The first-order valence-electron chi connectivity index (χ1n) is 12.2. The highest BCUT2D eigenvalue weighted by atomic mass is 32.2. The Morgan fingerprint density at radius 2 is 1.83 bits per heavy atom. The molecule has 1 aromatic carbocycles. The van der Waals surface area contributed by atoms with Crippen LogP contribution < -0.4 is 10.2 Å². The molecule has 2 N–H and O–H groups in total. The number of nitrogens with one attached hydrogen (secondary N) is 1. The average molecular weight is 506 g/mol. The first kappa shape index (κ1) is 29.2. The van der Waals surface area contributed by atoms with Crippen molar-refractivity contribution in [1.82, 2.24) is 20.2 Å². The zero-order valence-electron chi connectivity index (χ0n) is 21.4. The van der Waals surface area contributed by atoms with Crippen molar-refractivity contribution < 1.29 is 14.3 Å². The molecule has 0 radical (unpaired) electrons. The van der Waals surface area contributed by atoms with Crippen LogP contribution in [-0.2, 0) is 11.3 Å². The summed E-state index contributed by atoms with van der Waals surface area (Å²) in [6.07, 6.45) is 8.09. The number of anilines is 1. The summed E-state index contributed by atoms with van der Waals surface area (Å²) in [5.41, 5.74) is 1.64. The lowest BCUT2D eigenvalue weighted by molar-refractivity contribution is -0.0980. The molecule has 1 spiro atoms. The van der Waals surface area contributed by atoms with Crippen molar-refractivity contribution >= 4 is 24.5 Å². The highest BCUT2D eigenvalue weighted by molar-refractivity contribution is 7.98. The SMILES string of the molecule is C=O.CC.CSc1cnc(N(CCNC2CC3(C2)CN(Cc2ccc(F)cc2)C3)C(C)CO)nc1. The highest BCUT2D eigenvalue weighted by Gasteiger charge is 2.51. The number of carbonyl (C=O) groups excluding carboxylic acids is 1. The van der Waals surface area contributed by atoms with Crippen molar-refractivity contribution in [2.75, 3.05) is 43.9 Å². The number of aliphatic hydroxyl groups excluding tert-OH is 1. The Balaban J connectivity index is 0.00000103. The number of aliphatic hydroxyl groups is 1. The topological polar surface area (TPSA) is 81.6 Å². The molecular weight excluding hydrogens is 465 g/mol. The number of halogens is 1. The average Bonchev–Trinajstić information content (AvgIpc) is 2.87. The van der Waals surface area contributed by atoms with E-state index < -0.39 is 0 Å². The summed E-state index contributed by atoms with van der Waals surface area (Å²) in [6.45, 7) is 12.8. The van der Waals surface area contributed by atoms with Gasteiger partial charge in [0, 0.05) is 56.1 Å². The van der Waals surface area contributed by atoms with Crippen molar-refractivity contribution in [3.8, 4) is 0 Å². The van der Waals surface area contributed by atoms with Crippen LogP contribution in [0.25, 0.3) is 0 Å². The number of benzene rings is 1. The molecule has 1 unspecified atom stereocenters. The molecule has 35 heavy (non-hydrogen) atoms. The fourth-order valence-electron chi connectivity index (χ4n) is 4.82. The van der Waals surface area contributed by atoms with Crippen LogP contribution in [-0.4, -0.2) is 77.9 Å². The van der Waals surface area contributed by atoms with E-state index in [-0.39, 0.29) is 18.5 Å². The van der Waals surface area contributed by atoms with E-state index >= 15 is 0 Å². The summed E-state index contributed by atoms with van der Waals surface area (Å²) < 4.78 is 13.0. The van der Waals surface area contributed by atoms with E-state index in [4.69, 9.17) is 4.79 Å². The van der Waals surface area contributed by atoms with Crippen LogP contribution in [0.2, 0.25) is 0 Å². The number of carbonyl (C=O) groups is 1. The molecule has 1 saturated heterocycles. The Bertz CT molecular complexity index is 857. The molecule has 0 amide bonds. The molecule has 1 atom stereocenters. The zero-order chi connectivity index (χ0) is 25.8. The molecule has 2 heterocycles. The fraction of sp³-hybridized carbons (Fsp3) is 0.577. The van der Waals surface area contributed by atoms with E-state index in [1.165, 1.54) is 30.5 Å². The molecule has 4 rings (SSSR count). The van der Waals surface area contributed by atoms with Crippen LogP contribution in [0.1, 0.15) is 39.2 Å². The van der Waals surface area contributed by atoms with Crippen molar-refractivity contribution in [1.29, 1.82) is 0 Å². The van der Waals surface area contributed by atoms with E-state index in [9.17, 15) is 9.50 Å². The van der Waals surface area contributed by atoms with Crippen molar-refractivity contribution in [3.05, 3.63) is 48.0 Å². The van der Waals surface area contributed by atoms with Crippen LogP contribution in [0.4, 0.5) is 10.3 Å². The van der Waals surface area contributed by atoms with E-state index in [2.05, 4.69) is 25.1 Å². The van der Waals surface area contributed by atoms with E-state index in [1.54, 1.807) is 11.8 Å². The Labute approximate surface area is 213 Å². The van der Waals surface area contributed by atoms with Crippen molar-refractivity contribution in [2.45, 2.75) is 57.1 Å². The molecule has 1 aliphatic carbocycles. The number of nitrogens with zero attached hydrogens (tertiary/aromatic N) is 4. The fourth-order valence-corrected chi connectivity index (χ4v) is 5.13. The molecule has 7 nitrogen and oxygen atoms in total. The first-order valence-corrected chi connectivity index (χ1v) is 13.5. The van der Waals surface area contributed by atoms with Gasteiger partial charge in [-0.05, 0) is 49.1 Å². The highest BCUT2D eigenvalue weighted by Crippen LogP contribution is 2.48. The summed E-state index contributed by atoms with van der Waals surface area (Å²) in [6, 6.07) is 7.36. The molecule has 194 valence electrons. The predicted octanol–water partition coefficient (Wildman–Crippen LogP) is 3.62. The lowest BCUT2D eigenvalue weighted by Crippen LogP contribution is -2.65. The molecule has 2 aromatic rings. The van der Waals surface area contributed by atoms with Gasteiger partial charge in [0.05, 0.1) is 12.6 Å². The lowest BCUT2D eigenvalue weighted by Gasteiger charge is -2.59. The summed E-state index contributed by atoms with van der Waals surface area (Å²) in [7, 11) is 0. The minimum absolute atomic E-state index is 0.0266. The minimum atomic E-state index is -0.174. The second-order valence-electron chi connectivity index (χ2n) is 8.98. The second-order valence-corrected chi connectivity index (χ2v) is 9.86. The van der Waals surface area contributed by atoms with E-state index in [0.29, 0.717) is 17.4 Å². The van der Waals surface area contributed by atoms with Crippen LogP contribution in [0.15, 0.2) is 41.6 Å². The maximum Gasteiger partial charge on any atom is 0.225 e. The van der Waals surface area contributed by atoms with Gasteiger partial charge >= 0.3 is 0 Å². The summed E-state index contributed by atoms with van der Waals surface area (Å²) in [5, 5.41) is 13.3. The third-order valence-corrected chi connectivity index (χ3v) is 7.17. The predicted molar refractivity (Wildman–Crippen MR) is 141 cm³/mol. The Morgan fingerprint density at radius 3 is 2.37 bits per heavy atom. The van der Waals surface area contributed by atoms with Gasteiger partial charge in [-0.3, -0.25) is 4.90 Å². The number of rotatable bonds is 10. The summed E-state index contributed by atoms with van der Waals surface area (Å²) in [5.74, 6) is 0.494. The normalized spacial score (nSPS) is 17.2. The smallest absolute Gasteiger partial charge is 0.225 e. The maximum atomic E-state index is 13.0.